The lowest BCUT2D eigenvalue weighted by molar-refractivity contribution is -0.116. The number of rotatable bonds is 3. The maximum absolute atomic E-state index is 14.1. The third-order valence-electron chi connectivity index (χ3n) is 6.31. The smallest absolute Gasteiger partial charge is 0.261 e. The molecule has 0 spiro atoms. The Morgan fingerprint density at radius 1 is 1.09 bits per heavy atom. The molecule has 0 fully saturated rings. The molecule has 0 saturated carbocycles. The van der Waals surface area contributed by atoms with Gasteiger partial charge in [0.05, 0.1) is 6.20 Å². The SMILES string of the molecule is Cc1ccc(NC(=O)c2cnn3c2NC2=C(C(=O)CCC2)[C@@H]3c2ccc(F)c(F)c2)cc1C. The third-order valence-corrected chi connectivity index (χ3v) is 6.31. The zero-order valence-corrected chi connectivity index (χ0v) is 18.2. The Morgan fingerprint density at radius 2 is 1.91 bits per heavy atom. The van der Waals surface area contributed by atoms with Crippen molar-refractivity contribution in [2.45, 2.75) is 39.2 Å². The summed E-state index contributed by atoms with van der Waals surface area (Å²) >= 11 is 0. The van der Waals surface area contributed by atoms with Crippen molar-refractivity contribution in [2.75, 3.05) is 10.6 Å². The fourth-order valence-corrected chi connectivity index (χ4v) is 4.43. The molecule has 0 saturated heterocycles. The van der Waals surface area contributed by atoms with E-state index in [1.165, 1.54) is 16.9 Å². The Morgan fingerprint density at radius 3 is 2.67 bits per heavy atom. The quantitative estimate of drug-likeness (QED) is 0.588. The highest BCUT2D eigenvalue weighted by Gasteiger charge is 2.37. The third kappa shape index (κ3) is 3.61. The predicted octanol–water partition coefficient (Wildman–Crippen LogP) is 5.05. The van der Waals surface area contributed by atoms with Crippen molar-refractivity contribution in [1.82, 2.24) is 9.78 Å². The van der Waals surface area contributed by atoms with E-state index in [2.05, 4.69) is 15.7 Å². The average Bonchev–Trinajstić information content (AvgIpc) is 3.21. The van der Waals surface area contributed by atoms with E-state index >= 15 is 0 Å². The molecule has 1 aliphatic heterocycles. The van der Waals surface area contributed by atoms with Crippen LogP contribution in [0.2, 0.25) is 0 Å². The van der Waals surface area contributed by atoms with Crippen LogP contribution >= 0.6 is 0 Å². The van der Waals surface area contributed by atoms with Gasteiger partial charge in [-0.05, 0) is 67.6 Å². The number of benzene rings is 2. The van der Waals surface area contributed by atoms with Crippen LogP contribution in [0.3, 0.4) is 0 Å². The number of allylic oxidation sites excluding steroid dienone is 2. The minimum Gasteiger partial charge on any atom is -0.343 e. The number of fused-ring (bicyclic) bond motifs is 1. The van der Waals surface area contributed by atoms with Gasteiger partial charge in [-0.2, -0.15) is 5.10 Å². The number of Topliss-reactive ketones (excluding diaryl/α,β-unsaturated/α-hetero) is 1. The number of halogens is 2. The number of carbonyl (C=O) groups is 2. The highest BCUT2D eigenvalue weighted by Crippen LogP contribution is 2.41. The maximum Gasteiger partial charge on any atom is 0.261 e. The molecule has 168 valence electrons. The van der Waals surface area contributed by atoms with Crippen LogP contribution in [-0.4, -0.2) is 21.5 Å². The number of aromatic nitrogens is 2. The summed E-state index contributed by atoms with van der Waals surface area (Å²) in [7, 11) is 0. The Hall–Kier alpha value is -3.81. The molecule has 1 aliphatic carbocycles. The Kier molecular flexibility index (Phi) is 5.08. The second-order valence-electron chi connectivity index (χ2n) is 8.47. The largest absolute Gasteiger partial charge is 0.343 e. The van der Waals surface area contributed by atoms with Crippen molar-refractivity contribution < 1.29 is 18.4 Å². The molecule has 6 nitrogen and oxygen atoms in total. The summed E-state index contributed by atoms with van der Waals surface area (Å²) in [6.45, 7) is 3.96. The van der Waals surface area contributed by atoms with Crippen molar-refractivity contribution in [3.05, 3.63) is 87.8 Å². The predicted molar refractivity (Wildman–Crippen MR) is 120 cm³/mol. The van der Waals surface area contributed by atoms with Gasteiger partial charge in [-0.15, -0.1) is 0 Å². The van der Waals surface area contributed by atoms with Crippen LogP contribution in [0.25, 0.3) is 0 Å². The molecule has 2 heterocycles. The molecule has 0 bridgehead atoms. The summed E-state index contributed by atoms with van der Waals surface area (Å²) in [4.78, 5) is 25.9. The molecular formula is C25H22F2N4O2. The molecule has 2 aromatic carbocycles. The lowest BCUT2D eigenvalue weighted by atomic mass is 9.85. The summed E-state index contributed by atoms with van der Waals surface area (Å²) in [6.07, 6.45) is 3.09. The Labute approximate surface area is 189 Å². The first kappa shape index (κ1) is 21.1. The van der Waals surface area contributed by atoms with Gasteiger partial charge in [-0.3, -0.25) is 9.59 Å². The van der Waals surface area contributed by atoms with Crippen LogP contribution in [0.1, 0.15) is 52.4 Å². The zero-order valence-electron chi connectivity index (χ0n) is 18.2. The van der Waals surface area contributed by atoms with Crippen LogP contribution in [0.5, 0.6) is 0 Å². The van der Waals surface area contributed by atoms with E-state index in [9.17, 15) is 18.4 Å². The average molecular weight is 448 g/mol. The van der Waals surface area contributed by atoms with Crippen LogP contribution in [0.4, 0.5) is 20.3 Å². The van der Waals surface area contributed by atoms with E-state index in [-0.39, 0.29) is 11.7 Å². The number of hydrogen-bond acceptors (Lipinski definition) is 4. The molecule has 5 rings (SSSR count). The fourth-order valence-electron chi connectivity index (χ4n) is 4.43. The van der Waals surface area contributed by atoms with E-state index in [0.29, 0.717) is 53.2 Å². The summed E-state index contributed by atoms with van der Waals surface area (Å²) in [5, 5.41) is 10.5. The number of amides is 1. The number of hydrogen-bond donors (Lipinski definition) is 2. The van der Waals surface area contributed by atoms with E-state index in [0.717, 1.165) is 23.3 Å². The Bertz CT molecular complexity index is 1340. The van der Waals surface area contributed by atoms with Crippen molar-refractivity contribution in [2.24, 2.45) is 0 Å². The fraction of sp³-hybridized carbons (Fsp3) is 0.240. The summed E-state index contributed by atoms with van der Waals surface area (Å²) in [6, 6.07) is 8.47. The van der Waals surface area contributed by atoms with Crippen molar-refractivity contribution in [3.8, 4) is 0 Å². The lowest BCUT2D eigenvalue weighted by Gasteiger charge is -2.33. The summed E-state index contributed by atoms with van der Waals surface area (Å²) in [5.41, 5.74) is 4.68. The first-order valence-electron chi connectivity index (χ1n) is 10.8. The van der Waals surface area contributed by atoms with Gasteiger partial charge in [-0.25, -0.2) is 13.5 Å². The van der Waals surface area contributed by atoms with Crippen molar-refractivity contribution in [3.63, 3.8) is 0 Å². The molecule has 8 heteroatoms. The molecule has 0 radical (unpaired) electrons. The monoisotopic (exact) mass is 448 g/mol. The van der Waals surface area contributed by atoms with Gasteiger partial charge in [0.15, 0.2) is 17.4 Å². The molecule has 1 aromatic heterocycles. The number of nitrogens with one attached hydrogen (secondary N) is 2. The Balaban J connectivity index is 1.57. The lowest BCUT2D eigenvalue weighted by Crippen LogP contribution is -2.32. The molecule has 2 N–H and O–H groups in total. The second kappa shape index (κ2) is 7.95. The van der Waals surface area contributed by atoms with Crippen LogP contribution in [0.15, 0.2) is 53.9 Å². The van der Waals surface area contributed by atoms with Gasteiger partial charge in [-0.1, -0.05) is 12.1 Å². The number of anilines is 2. The molecule has 3 aromatic rings. The minimum absolute atomic E-state index is 0.0687. The second-order valence-corrected chi connectivity index (χ2v) is 8.47. The number of carbonyl (C=O) groups excluding carboxylic acids is 2. The van der Waals surface area contributed by atoms with E-state index in [1.807, 2.05) is 32.0 Å². The van der Waals surface area contributed by atoms with E-state index in [4.69, 9.17) is 0 Å². The summed E-state index contributed by atoms with van der Waals surface area (Å²) in [5.74, 6) is -1.98. The molecule has 1 atom stereocenters. The van der Waals surface area contributed by atoms with Crippen LogP contribution in [0, 0.1) is 25.5 Å². The van der Waals surface area contributed by atoms with E-state index in [1.54, 1.807) is 0 Å². The zero-order chi connectivity index (χ0) is 23.3. The van der Waals surface area contributed by atoms with Crippen LogP contribution < -0.4 is 10.6 Å². The molecular weight excluding hydrogens is 426 g/mol. The number of aryl methyl sites for hydroxylation is 2. The number of nitrogens with zero attached hydrogens (tertiary/aromatic N) is 2. The van der Waals surface area contributed by atoms with Crippen molar-refractivity contribution in [1.29, 1.82) is 0 Å². The first-order chi connectivity index (χ1) is 15.8. The molecule has 2 aliphatic rings. The highest BCUT2D eigenvalue weighted by molar-refractivity contribution is 6.08. The van der Waals surface area contributed by atoms with Crippen LogP contribution in [-0.2, 0) is 4.79 Å². The highest BCUT2D eigenvalue weighted by atomic mass is 19.2. The summed E-state index contributed by atoms with van der Waals surface area (Å²) < 4.78 is 29.2. The van der Waals surface area contributed by atoms with Gasteiger partial charge < -0.3 is 10.6 Å². The number of ketones is 1. The topological polar surface area (TPSA) is 76.0 Å². The van der Waals surface area contributed by atoms with Crippen molar-refractivity contribution >= 4 is 23.2 Å². The maximum atomic E-state index is 14.1. The molecule has 0 unspecified atom stereocenters. The van der Waals surface area contributed by atoms with Gasteiger partial charge in [0.2, 0.25) is 0 Å². The molecule has 1 amide bonds. The van der Waals surface area contributed by atoms with Gasteiger partial charge in [0.1, 0.15) is 17.4 Å². The molecule has 33 heavy (non-hydrogen) atoms. The normalized spacial score (nSPS) is 17.3. The minimum atomic E-state index is -1.00. The van der Waals surface area contributed by atoms with Gasteiger partial charge in [0.25, 0.3) is 5.91 Å². The van der Waals surface area contributed by atoms with E-state index < -0.39 is 17.7 Å². The van der Waals surface area contributed by atoms with Gasteiger partial charge >= 0.3 is 0 Å². The standard InChI is InChI=1S/C25H22F2N4O2/c1-13-6-8-16(10-14(13)2)29-25(33)17-12-28-31-23(15-7-9-18(26)19(27)11-15)22-20(30-24(17)31)4-3-5-21(22)32/h6-12,23,30H,3-5H2,1-2H3,(H,29,33)/t23-/m0/s1. The van der Waals surface area contributed by atoms with Gasteiger partial charge in [0, 0.05) is 23.4 Å². The first-order valence-corrected chi connectivity index (χ1v) is 10.8.